The van der Waals surface area contributed by atoms with Crippen LogP contribution in [0.1, 0.15) is 17.3 Å². The molecule has 0 aromatic heterocycles. The molecule has 0 atom stereocenters. The van der Waals surface area contributed by atoms with Crippen LogP contribution in [0.5, 0.6) is 11.5 Å². The minimum absolute atomic E-state index is 0.291. The lowest BCUT2D eigenvalue weighted by molar-refractivity contribution is 0.0719. The standard InChI is InChI=1S/C11H15NO5/c1-11(5-13,6-14)12-10(17)9-7(15)3-2-4-8(9)16/h2-4,13-16H,5-6H2,1H3,(H,12,17). The van der Waals surface area contributed by atoms with Gasteiger partial charge in [0, 0.05) is 0 Å². The molecule has 5 N–H and O–H groups in total. The molecule has 6 nitrogen and oxygen atoms in total. The minimum atomic E-state index is -1.22. The number of carbonyl (C=O) groups excluding carboxylic acids is 1. The lowest BCUT2D eigenvalue weighted by Crippen LogP contribution is -2.51. The highest BCUT2D eigenvalue weighted by molar-refractivity contribution is 5.99. The van der Waals surface area contributed by atoms with Crippen LogP contribution < -0.4 is 5.32 Å². The number of nitrogens with one attached hydrogen (secondary N) is 1. The van der Waals surface area contributed by atoms with Crippen LogP contribution in [-0.2, 0) is 0 Å². The molecular weight excluding hydrogens is 226 g/mol. The summed E-state index contributed by atoms with van der Waals surface area (Å²) in [6, 6.07) is 3.90. The normalized spacial score (nSPS) is 11.2. The number of phenols is 2. The number of amides is 1. The maximum atomic E-state index is 11.8. The van der Waals surface area contributed by atoms with E-state index >= 15 is 0 Å². The summed E-state index contributed by atoms with van der Waals surface area (Å²) in [5.74, 6) is -1.52. The number of benzene rings is 1. The Hall–Kier alpha value is -1.79. The molecule has 1 aromatic rings. The van der Waals surface area contributed by atoms with Gasteiger partial charge < -0.3 is 25.7 Å². The first kappa shape index (κ1) is 13.3. The molecule has 1 amide bonds. The SMILES string of the molecule is CC(CO)(CO)NC(=O)c1c(O)cccc1O. The topological polar surface area (TPSA) is 110 Å². The maximum Gasteiger partial charge on any atom is 0.259 e. The van der Waals surface area contributed by atoms with Crippen molar-refractivity contribution in [2.45, 2.75) is 12.5 Å². The Morgan fingerprint density at radius 3 is 2.12 bits per heavy atom. The van der Waals surface area contributed by atoms with Crippen molar-refractivity contribution in [3.63, 3.8) is 0 Å². The Morgan fingerprint density at radius 2 is 1.71 bits per heavy atom. The van der Waals surface area contributed by atoms with Crippen molar-refractivity contribution < 1.29 is 25.2 Å². The Labute approximate surface area is 98.1 Å². The molecule has 0 aliphatic rings. The number of aliphatic hydroxyl groups excluding tert-OH is 2. The van der Waals surface area contributed by atoms with Gasteiger partial charge in [-0.1, -0.05) is 6.07 Å². The second kappa shape index (κ2) is 5.03. The van der Waals surface area contributed by atoms with Crippen LogP contribution in [0.15, 0.2) is 18.2 Å². The predicted molar refractivity (Wildman–Crippen MR) is 59.8 cm³/mol. The zero-order valence-electron chi connectivity index (χ0n) is 9.34. The van der Waals surface area contributed by atoms with Crippen molar-refractivity contribution >= 4 is 5.91 Å². The van der Waals surface area contributed by atoms with Gasteiger partial charge in [-0.15, -0.1) is 0 Å². The number of aromatic hydroxyl groups is 2. The Kier molecular flexibility index (Phi) is 3.93. The van der Waals surface area contributed by atoms with Crippen LogP contribution in [0.4, 0.5) is 0 Å². The summed E-state index contributed by atoms with van der Waals surface area (Å²) in [4.78, 5) is 11.8. The highest BCUT2D eigenvalue weighted by atomic mass is 16.3. The molecule has 0 unspecified atom stereocenters. The van der Waals surface area contributed by atoms with Crippen LogP contribution >= 0.6 is 0 Å². The van der Waals surface area contributed by atoms with E-state index in [0.29, 0.717) is 0 Å². The lowest BCUT2D eigenvalue weighted by atomic mass is 10.0. The van der Waals surface area contributed by atoms with Crippen molar-refractivity contribution in [3.05, 3.63) is 23.8 Å². The molecule has 94 valence electrons. The first-order valence-corrected chi connectivity index (χ1v) is 4.98. The lowest BCUT2D eigenvalue weighted by Gasteiger charge is -2.26. The molecule has 0 radical (unpaired) electrons. The molecule has 1 aromatic carbocycles. The summed E-state index contributed by atoms with van der Waals surface area (Å²) < 4.78 is 0. The first-order chi connectivity index (χ1) is 7.93. The molecule has 0 saturated carbocycles. The molecular formula is C11H15NO5. The van der Waals surface area contributed by atoms with Crippen LogP contribution in [-0.4, -0.2) is 45.1 Å². The molecule has 6 heteroatoms. The van der Waals surface area contributed by atoms with Gasteiger partial charge in [0.25, 0.3) is 5.91 Å². The molecule has 0 aliphatic carbocycles. The number of phenolic OH excluding ortho intramolecular Hbond substituents is 2. The van der Waals surface area contributed by atoms with E-state index in [1.54, 1.807) is 0 Å². The largest absolute Gasteiger partial charge is 0.507 e. The summed E-state index contributed by atoms with van der Waals surface area (Å²) in [5.41, 5.74) is -1.51. The van der Waals surface area contributed by atoms with Crippen molar-refractivity contribution in [1.29, 1.82) is 0 Å². The van der Waals surface area contributed by atoms with E-state index in [9.17, 15) is 15.0 Å². The third-order valence-electron chi connectivity index (χ3n) is 2.36. The summed E-state index contributed by atoms with van der Waals surface area (Å²) in [6.45, 7) is 0.495. The molecule has 0 heterocycles. The van der Waals surface area contributed by atoms with Crippen LogP contribution in [0.2, 0.25) is 0 Å². The van der Waals surface area contributed by atoms with Gasteiger partial charge in [0.15, 0.2) is 0 Å². The summed E-state index contributed by atoms with van der Waals surface area (Å²) in [6.07, 6.45) is 0. The predicted octanol–water partition coefficient (Wildman–Crippen LogP) is -0.429. The fourth-order valence-corrected chi connectivity index (χ4v) is 1.23. The average molecular weight is 241 g/mol. The van der Waals surface area contributed by atoms with Crippen molar-refractivity contribution in [2.75, 3.05) is 13.2 Å². The van der Waals surface area contributed by atoms with E-state index in [1.807, 2.05) is 0 Å². The zero-order chi connectivity index (χ0) is 13.1. The van der Waals surface area contributed by atoms with Crippen molar-refractivity contribution in [1.82, 2.24) is 5.32 Å². The monoisotopic (exact) mass is 241 g/mol. The highest BCUT2D eigenvalue weighted by Gasteiger charge is 2.27. The van der Waals surface area contributed by atoms with Gasteiger partial charge in [-0.25, -0.2) is 0 Å². The quantitative estimate of drug-likeness (QED) is 0.491. The Bertz CT molecular complexity index is 394. The van der Waals surface area contributed by atoms with Crippen molar-refractivity contribution in [2.24, 2.45) is 0 Å². The number of hydrogen-bond donors (Lipinski definition) is 5. The van der Waals surface area contributed by atoms with Gasteiger partial charge in [0.05, 0.1) is 18.8 Å². The summed E-state index contributed by atoms with van der Waals surface area (Å²) >= 11 is 0. The van der Waals surface area contributed by atoms with Gasteiger partial charge in [-0.2, -0.15) is 0 Å². The number of carbonyl (C=O) groups is 1. The van der Waals surface area contributed by atoms with E-state index < -0.39 is 24.7 Å². The second-order valence-electron chi connectivity index (χ2n) is 4.00. The van der Waals surface area contributed by atoms with E-state index in [4.69, 9.17) is 10.2 Å². The average Bonchev–Trinajstić information content (AvgIpc) is 2.28. The molecule has 0 saturated heterocycles. The maximum absolute atomic E-state index is 11.8. The fourth-order valence-electron chi connectivity index (χ4n) is 1.23. The van der Waals surface area contributed by atoms with Crippen molar-refractivity contribution in [3.8, 4) is 11.5 Å². The smallest absolute Gasteiger partial charge is 0.259 e. The second-order valence-corrected chi connectivity index (χ2v) is 4.00. The van der Waals surface area contributed by atoms with Gasteiger partial charge >= 0.3 is 0 Å². The molecule has 17 heavy (non-hydrogen) atoms. The third kappa shape index (κ3) is 2.86. The minimum Gasteiger partial charge on any atom is -0.507 e. The fraction of sp³-hybridized carbons (Fsp3) is 0.364. The van der Waals surface area contributed by atoms with E-state index in [0.717, 1.165) is 0 Å². The third-order valence-corrected chi connectivity index (χ3v) is 2.36. The molecule has 0 aliphatic heterocycles. The number of hydrogen-bond acceptors (Lipinski definition) is 5. The van der Waals surface area contributed by atoms with Gasteiger partial charge in [0.2, 0.25) is 0 Å². The molecule has 0 bridgehead atoms. The highest BCUT2D eigenvalue weighted by Crippen LogP contribution is 2.26. The summed E-state index contributed by atoms with van der Waals surface area (Å²) in [7, 11) is 0. The van der Waals surface area contributed by atoms with Gasteiger partial charge in [-0.3, -0.25) is 4.79 Å². The number of aliphatic hydroxyl groups is 2. The molecule has 0 spiro atoms. The van der Waals surface area contributed by atoms with Gasteiger partial charge in [0.1, 0.15) is 17.1 Å². The Balaban J connectivity index is 2.98. The number of rotatable bonds is 4. The summed E-state index contributed by atoms with van der Waals surface area (Å²) in [5, 5.41) is 39.3. The van der Waals surface area contributed by atoms with Crippen LogP contribution in [0.25, 0.3) is 0 Å². The zero-order valence-corrected chi connectivity index (χ0v) is 9.34. The molecule has 0 fully saturated rings. The molecule has 1 rings (SSSR count). The van der Waals surface area contributed by atoms with Crippen LogP contribution in [0.3, 0.4) is 0 Å². The van der Waals surface area contributed by atoms with Gasteiger partial charge in [-0.05, 0) is 19.1 Å². The first-order valence-electron chi connectivity index (χ1n) is 4.98. The van der Waals surface area contributed by atoms with E-state index in [2.05, 4.69) is 5.32 Å². The van der Waals surface area contributed by atoms with E-state index in [-0.39, 0.29) is 17.1 Å². The van der Waals surface area contributed by atoms with Crippen LogP contribution in [0, 0.1) is 0 Å². The Morgan fingerprint density at radius 1 is 1.24 bits per heavy atom. The van der Waals surface area contributed by atoms with E-state index in [1.165, 1.54) is 25.1 Å².